The van der Waals surface area contributed by atoms with Gasteiger partial charge in [0.1, 0.15) is 5.75 Å². The van der Waals surface area contributed by atoms with Crippen LogP contribution in [0.4, 0.5) is 5.69 Å². The van der Waals surface area contributed by atoms with Gasteiger partial charge in [0.05, 0.1) is 17.8 Å². The average molecular weight is 311 g/mol. The lowest BCUT2D eigenvalue weighted by atomic mass is 10.1. The number of anilines is 1. The second-order valence-electron chi connectivity index (χ2n) is 5.43. The molecule has 3 rings (SSSR count). The number of carbonyl (C=O) groups is 2. The fraction of sp³-hybridized carbons (Fsp3) is 0.222. The van der Waals surface area contributed by atoms with E-state index in [2.05, 4.69) is 0 Å². The van der Waals surface area contributed by atoms with Crippen LogP contribution >= 0.6 is 0 Å². The molecule has 0 saturated heterocycles. The molecule has 2 aromatic carbocycles. The van der Waals surface area contributed by atoms with Crippen molar-refractivity contribution in [3.8, 4) is 5.75 Å². The summed E-state index contributed by atoms with van der Waals surface area (Å²) < 4.78 is 5.48. The summed E-state index contributed by atoms with van der Waals surface area (Å²) >= 11 is 0. The first-order valence-electron chi connectivity index (χ1n) is 7.47. The number of ether oxygens (including phenoxy) is 1. The molecule has 0 aromatic heterocycles. The number of carboxylic acid groups (broad SMARTS) is 1. The molecule has 0 aliphatic carbocycles. The van der Waals surface area contributed by atoms with Crippen LogP contribution in [0.3, 0.4) is 0 Å². The molecular weight excluding hydrogens is 294 g/mol. The van der Waals surface area contributed by atoms with E-state index in [1.807, 2.05) is 31.2 Å². The monoisotopic (exact) mass is 311 g/mol. The molecule has 118 valence electrons. The van der Waals surface area contributed by atoms with Crippen molar-refractivity contribution in [3.05, 3.63) is 59.2 Å². The van der Waals surface area contributed by atoms with Crippen LogP contribution < -0.4 is 9.64 Å². The molecule has 0 saturated carbocycles. The van der Waals surface area contributed by atoms with Gasteiger partial charge in [-0.2, -0.15) is 0 Å². The summed E-state index contributed by atoms with van der Waals surface area (Å²) in [6.07, 6.45) is 0.865. The van der Waals surface area contributed by atoms with Crippen LogP contribution in [0.1, 0.15) is 28.4 Å². The molecule has 1 aliphatic rings. The highest BCUT2D eigenvalue weighted by molar-refractivity contribution is 5.98. The molecule has 5 heteroatoms. The van der Waals surface area contributed by atoms with Crippen molar-refractivity contribution in [2.45, 2.75) is 19.9 Å². The normalized spacial score (nSPS) is 13.4. The number of benzene rings is 2. The maximum Gasteiger partial charge on any atom is 0.335 e. The molecule has 1 N–H and O–H groups in total. The standard InChI is InChI=1S/C18H17NO4/c1-2-12-6-7-16-15(9-12)19(17(20)11-23-16)10-13-4-3-5-14(8-13)18(21)22/h3-9H,2,10-11H2,1H3,(H,21,22). The van der Waals surface area contributed by atoms with Crippen molar-refractivity contribution < 1.29 is 19.4 Å². The zero-order valence-electron chi connectivity index (χ0n) is 12.8. The van der Waals surface area contributed by atoms with Crippen LogP contribution in [0.2, 0.25) is 0 Å². The van der Waals surface area contributed by atoms with Crippen LogP contribution in [0.25, 0.3) is 0 Å². The lowest BCUT2D eigenvalue weighted by Gasteiger charge is -2.30. The number of carbonyl (C=O) groups excluding carboxylic acids is 1. The van der Waals surface area contributed by atoms with E-state index in [0.29, 0.717) is 12.3 Å². The topological polar surface area (TPSA) is 66.8 Å². The smallest absolute Gasteiger partial charge is 0.335 e. The van der Waals surface area contributed by atoms with Crippen molar-refractivity contribution in [1.82, 2.24) is 0 Å². The van der Waals surface area contributed by atoms with E-state index in [1.54, 1.807) is 17.0 Å². The number of hydrogen-bond donors (Lipinski definition) is 1. The van der Waals surface area contributed by atoms with E-state index in [1.165, 1.54) is 6.07 Å². The summed E-state index contributed by atoms with van der Waals surface area (Å²) in [7, 11) is 0. The summed E-state index contributed by atoms with van der Waals surface area (Å²) in [5.41, 5.74) is 2.84. The van der Waals surface area contributed by atoms with Gasteiger partial charge in [-0.05, 0) is 41.8 Å². The van der Waals surface area contributed by atoms with E-state index in [9.17, 15) is 9.59 Å². The van der Waals surface area contributed by atoms with Crippen molar-refractivity contribution in [1.29, 1.82) is 0 Å². The fourth-order valence-electron chi connectivity index (χ4n) is 2.63. The van der Waals surface area contributed by atoms with Gasteiger partial charge in [-0.25, -0.2) is 4.79 Å². The van der Waals surface area contributed by atoms with E-state index in [-0.39, 0.29) is 18.1 Å². The Morgan fingerprint density at radius 1 is 1.22 bits per heavy atom. The number of aromatic carboxylic acids is 1. The van der Waals surface area contributed by atoms with Crippen LogP contribution in [-0.4, -0.2) is 23.6 Å². The Morgan fingerprint density at radius 2 is 2.04 bits per heavy atom. The Labute approximate surface area is 134 Å². The molecule has 5 nitrogen and oxygen atoms in total. The summed E-state index contributed by atoms with van der Waals surface area (Å²) in [5.74, 6) is -0.434. The van der Waals surface area contributed by atoms with Gasteiger partial charge in [0.15, 0.2) is 6.61 Å². The minimum absolute atomic E-state index is 0.00288. The molecule has 23 heavy (non-hydrogen) atoms. The molecule has 1 amide bonds. The lowest BCUT2D eigenvalue weighted by molar-refractivity contribution is -0.121. The molecule has 2 aromatic rings. The highest BCUT2D eigenvalue weighted by Gasteiger charge is 2.26. The zero-order chi connectivity index (χ0) is 16.4. The Hall–Kier alpha value is -2.82. The van der Waals surface area contributed by atoms with Crippen LogP contribution in [0.5, 0.6) is 5.75 Å². The van der Waals surface area contributed by atoms with Crippen molar-refractivity contribution in [2.75, 3.05) is 11.5 Å². The minimum Gasteiger partial charge on any atom is -0.482 e. The minimum atomic E-state index is -0.978. The summed E-state index contributed by atoms with van der Waals surface area (Å²) in [6, 6.07) is 12.4. The molecule has 0 bridgehead atoms. The third-order valence-corrected chi connectivity index (χ3v) is 3.89. The Balaban J connectivity index is 1.95. The van der Waals surface area contributed by atoms with Crippen molar-refractivity contribution in [3.63, 3.8) is 0 Å². The Bertz CT molecular complexity index is 769. The summed E-state index contributed by atoms with van der Waals surface area (Å²) in [4.78, 5) is 25.0. The number of carboxylic acids is 1. The van der Waals surface area contributed by atoms with Gasteiger partial charge in [0, 0.05) is 0 Å². The van der Waals surface area contributed by atoms with Gasteiger partial charge in [-0.15, -0.1) is 0 Å². The third kappa shape index (κ3) is 3.04. The number of amides is 1. The predicted molar refractivity (Wildman–Crippen MR) is 85.9 cm³/mol. The molecule has 0 fully saturated rings. The largest absolute Gasteiger partial charge is 0.482 e. The van der Waals surface area contributed by atoms with Gasteiger partial charge in [0.2, 0.25) is 0 Å². The first-order valence-corrected chi connectivity index (χ1v) is 7.47. The van der Waals surface area contributed by atoms with Gasteiger partial charge < -0.3 is 14.7 Å². The molecule has 0 unspecified atom stereocenters. The number of aryl methyl sites for hydroxylation is 1. The Kier molecular flexibility index (Phi) is 4.02. The first kappa shape index (κ1) is 15.1. The predicted octanol–water partition coefficient (Wildman–Crippen LogP) is 2.87. The Morgan fingerprint density at radius 3 is 2.78 bits per heavy atom. The fourth-order valence-corrected chi connectivity index (χ4v) is 2.63. The average Bonchev–Trinajstić information content (AvgIpc) is 2.57. The first-order chi connectivity index (χ1) is 11.1. The number of nitrogens with zero attached hydrogens (tertiary/aromatic N) is 1. The van der Waals surface area contributed by atoms with E-state index >= 15 is 0 Å². The highest BCUT2D eigenvalue weighted by atomic mass is 16.5. The van der Waals surface area contributed by atoms with Crippen LogP contribution in [0, 0.1) is 0 Å². The molecule has 0 radical (unpaired) electrons. The molecule has 0 atom stereocenters. The summed E-state index contributed by atoms with van der Waals surface area (Å²) in [6.45, 7) is 2.37. The van der Waals surface area contributed by atoms with E-state index < -0.39 is 5.97 Å². The highest BCUT2D eigenvalue weighted by Crippen LogP contribution is 2.34. The summed E-state index contributed by atoms with van der Waals surface area (Å²) in [5, 5.41) is 9.09. The van der Waals surface area contributed by atoms with Gasteiger partial charge in [-0.1, -0.05) is 25.1 Å². The number of fused-ring (bicyclic) bond motifs is 1. The van der Waals surface area contributed by atoms with E-state index in [0.717, 1.165) is 23.2 Å². The SMILES string of the molecule is CCc1ccc2c(c1)N(Cc1cccc(C(=O)O)c1)C(=O)CO2. The maximum atomic E-state index is 12.3. The maximum absolute atomic E-state index is 12.3. The van der Waals surface area contributed by atoms with Gasteiger partial charge in [0.25, 0.3) is 5.91 Å². The van der Waals surface area contributed by atoms with Crippen molar-refractivity contribution in [2.24, 2.45) is 0 Å². The number of rotatable bonds is 4. The zero-order valence-corrected chi connectivity index (χ0v) is 12.8. The van der Waals surface area contributed by atoms with Crippen molar-refractivity contribution >= 4 is 17.6 Å². The molecular formula is C18H17NO4. The number of hydrogen-bond acceptors (Lipinski definition) is 3. The quantitative estimate of drug-likeness (QED) is 0.943. The lowest BCUT2D eigenvalue weighted by Crippen LogP contribution is -2.38. The second-order valence-corrected chi connectivity index (χ2v) is 5.43. The van der Waals surface area contributed by atoms with Crippen LogP contribution in [0.15, 0.2) is 42.5 Å². The molecule has 1 heterocycles. The third-order valence-electron chi connectivity index (χ3n) is 3.89. The molecule has 0 spiro atoms. The van der Waals surface area contributed by atoms with E-state index in [4.69, 9.17) is 9.84 Å². The molecule has 1 aliphatic heterocycles. The van der Waals surface area contributed by atoms with Crippen LogP contribution in [-0.2, 0) is 17.8 Å². The van der Waals surface area contributed by atoms with Gasteiger partial charge >= 0.3 is 5.97 Å². The second kappa shape index (κ2) is 6.12. The van der Waals surface area contributed by atoms with Gasteiger partial charge in [-0.3, -0.25) is 4.79 Å².